The Morgan fingerprint density at radius 1 is 0.805 bits per heavy atom. The summed E-state index contributed by atoms with van der Waals surface area (Å²) in [6, 6.07) is 4.87. The molecule has 0 amide bonds. The summed E-state index contributed by atoms with van der Waals surface area (Å²) < 4.78 is 140. The highest BCUT2D eigenvalue weighted by Gasteiger charge is 2.53. The Kier molecular flexibility index (Phi) is 7.64. The maximum atomic E-state index is 15.2. The third-order valence-electron chi connectivity index (χ3n) is 6.87. The fourth-order valence-electron chi connectivity index (χ4n) is 4.92. The topological polar surface area (TPSA) is 46.2 Å². The molecule has 0 saturated carbocycles. The van der Waals surface area contributed by atoms with Gasteiger partial charge >= 0.3 is 12.1 Å². The van der Waals surface area contributed by atoms with Crippen LogP contribution in [0.1, 0.15) is 30.9 Å². The molecule has 3 fully saturated rings. The van der Waals surface area contributed by atoms with Gasteiger partial charge in [0, 0.05) is 28.7 Å². The van der Waals surface area contributed by atoms with Crippen LogP contribution in [-0.2, 0) is 26.3 Å². The molecule has 3 aromatic rings. The highest BCUT2D eigenvalue weighted by atomic mass is 19.3. The standard InChI is InChI=1S/C28H22F8O5/c1-2-5-26-11-38-28(39-12-26,40-13-26)16-3-4-18(19(30)8-16)15-6-20(31)24(21(32)7-15)27(35,36)41-17-9-22(33)25(37-14-29)23(34)10-17/h3-4,6-10H,2,5,11-14H2,1H3. The fraction of sp³-hybridized carbons (Fsp3) is 0.357. The largest absolute Gasteiger partial charge is 0.457 e. The third kappa shape index (κ3) is 5.33. The minimum absolute atomic E-state index is 0.156. The van der Waals surface area contributed by atoms with Crippen LogP contribution < -0.4 is 9.47 Å². The Hall–Kier alpha value is -3.42. The number of hydrogen-bond acceptors (Lipinski definition) is 5. The number of halogens is 8. The van der Waals surface area contributed by atoms with Gasteiger partial charge in [-0.1, -0.05) is 25.5 Å². The van der Waals surface area contributed by atoms with E-state index in [9.17, 15) is 30.7 Å². The molecular weight excluding hydrogens is 568 g/mol. The first-order valence-electron chi connectivity index (χ1n) is 12.4. The van der Waals surface area contributed by atoms with E-state index in [4.69, 9.17) is 14.2 Å². The van der Waals surface area contributed by atoms with Gasteiger partial charge in [-0.25, -0.2) is 26.3 Å². The molecule has 0 radical (unpaired) electrons. The smallest absolute Gasteiger partial charge is 0.432 e. The molecule has 0 unspecified atom stereocenters. The molecule has 13 heteroatoms. The first kappa shape index (κ1) is 29.1. The first-order valence-corrected chi connectivity index (χ1v) is 12.4. The average Bonchev–Trinajstić information content (AvgIpc) is 2.91. The second kappa shape index (κ2) is 10.8. The average molecular weight is 590 g/mol. The van der Waals surface area contributed by atoms with E-state index in [1.165, 1.54) is 6.07 Å². The molecule has 220 valence electrons. The Morgan fingerprint density at radius 2 is 1.39 bits per heavy atom. The second-order valence-electron chi connectivity index (χ2n) is 9.77. The van der Waals surface area contributed by atoms with Crippen LogP contribution in [-0.4, -0.2) is 26.7 Å². The van der Waals surface area contributed by atoms with Gasteiger partial charge in [-0.2, -0.15) is 8.78 Å². The van der Waals surface area contributed by atoms with Crippen LogP contribution in [0.25, 0.3) is 11.1 Å². The summed E-state index contributed by atoms with van der Waals surface area (Å²) in [5.74, 6) is -11.8. The minimum atomic E-state index is -4.77. The van der Waals surface area contributed by atoms with Gasteiger partial charge in [0.25, 0.3) is 0 Å². The van der Waals surface area contributed by atoms with Crippen molar-refractivity contribution in [1.29, 1.82) is 0 Å². The summed E-state index contributed by atoms with van der Waals surface area (Å²) in [6.45, 7) is 1.39. The SMILES string of the molecule is CCCC12COC(c3ccc(-c4cc(F)c(C(F)(F)Oc5cc(F)c(OCF)c(F)c5)c(F)c4)c(F)c3)(OC1)OC2. The second-order valence-corrected chi connectivity index (χ2v) is 9.77. The van der Waals surface area contributed by atoms with E-state index in [0.717, 1.165) is 25.0 Å². The molecule has 3 aromatic carbocycles. The highest BCUT2D eigenvalue weighted by molar-refractivity contribution is 5.65. The maximum Gasteiger partial charge on any atom is 0.432 e. The fourth-order valence-corrected chi connectivity index (χ4v) is 4.92. The predicted molar refractivity (Wildman–Crippen MR) is 126 cm³/mol. The van der Waals surface area contributed by atoms with E-state index in [2.05, 4.69) is 9.47 Å². The minimum Gasteiger partial charge on any atom is -0.457 e. The summed E-state index contributed by atoms with van der Waals surface area (Å²) in [6.07, 6.45) is -3.07. The van der Waals surface area contributed by atoms with E-state index >= 15 is 4.39 Å². The molecule has 0 N–H and O–H groups in total. The molecular formula is C28H22F8O5. The normalized spacial score (nSPS) is 22.2. The quantitative estimate of drug-likeness (QED) is 0.242. The van der Waals surface area contributed by atoms with Crippen molar-refractivity contribution < 1.29 is 58.8 Å². The number of rotatable bonds is 9. The molecule has 3 saturated heterocycles. The predicted octanol–water partition coefficient (Wildman–Crippen LogP) is 7.46. The Labute approximate surface area is 228 Å². The van der Waals surface area contributed by atoms with Crippen LogP contribution >= 0.6 is 0 Å². The Balaban J connectivity index is 1.39. The van der Waals surface area contributed by atoms with E-state index in [0.29, 0.717) is 32.0 Å². The maximum absolute atomic E-state index is 15.2. The summed E-state index contributed by atoms with van der Waals surface area (Å²) in [5, 5.41) is 0. The Bertz CT molecular complexity index is 1390. The first-order chi connectivity index (χ1) is 19.4. The van der Waals surface area contributed by atoms with Gasteiger partial charge < -0.3 is 23.7 Å². The Morgan fingerprint density at radius 3 is 1.90 bits per heavy atom. The lowest BCUT2D eigenvalue weighted by atomic mass is 9.83. The van der Waals surface area contributed by atoms with Crippen LogP contribution in [0.4, 0.5) is 35.1 Å². The number of benzene rings is 3. The van der Waals surface area contributed by atoms with Crippen LogP contribution in [0.2, 0.25) is 0 Å². The highest BCUT2D eigenvalue weighted by Crippen LogP contribution is 2.47. The summed E-state index contributed by atoms with van der Waals surface area (Å²) >= 11 is 0. The van der Waals surface area contributed by atoms with Crippen LogP contribution in [0.3, 0.4) is 0 Å². The number of fused-ring (bicyclic) bond motifs is 3. The number of ether oxygens (including phenoxy) is 5. The molecule has 3 aliphatic rings. The van der Waals surface area contributed by atoms with Gasteiger partial charge in [0.1, 0.15) is 28.8 Å². The molecule has 0 aromatic heterocycles. The van der Waals surface area contributed by atoms with Gasteiger partial charge in [-0.3, -0.25) is 0 Å². The zero-order valence-electron chi connectivity index (χ0n) is 21.3. The van der Waals surface area contributed by atoms with Crippen molar-refractivity contribution in [1.82, 2.24) is 0 Å². The van der Waals surface area contributed by atoms with Gasteiger partial charge in [0.15, 0.2) is 17.4 Å². The molecule has 0 spiro atoms. The van der Waals surface area contributed by atoms with Crippen molar-refractivity contribution >= 4 is 0 Å². The molecule has 5 nitrogen and oxygen atoms in total. The zero-order chi connectivity index (χ0) is 29.6. The summed E-state index contributed by atoms with van der Waals surface area (Å²) in [7, 11) is 0. The lowest BCUT2D eigenvalue weighted by Gasteiger charge is -2.51. The van der Waals surface area contributed by atoms with Gasteiger partial charge in [-0.05, 0) is 30.2 Å². The molecule has 0 atom stereocenters. The van der Waals surface area contributed by atoms with Gasteiger partial charge in [-0.15, -0.1) is 0 Å². The molecule has 0 aliphatic carbocycles. The number of hydrogen-bond donors (Lipinski definition) is 0. The zero-order valence-corrected chi connectivity index (χ0v) is 21.3. The van der Waals surface area contributed by atoms with E-state index in [1.54, 1.807) is 0 Å². The van der Waals surface area contributed by atoms with Crippen LogP contribution in [0, 0.1) is 34.5 Å². The van der Waals surface area contributed by atoms with Crippen molar-refractivity contribution in [3.8, 4) is 22.6 Å². The lowest BCUT2D eigenvalue weighted by Crippen LogP contribution is -2.58. The van der Waals surface area contributed by atoms with Crippen molar-refractivity contribution in [2.45, 2.75) is 31.8 Å². The van der Waals surface area contributed by atoms with E-state index in [-0.39, 0.29) is 28.7 Å². The van der Waals surface area contributed by atoms with E-state index < -0.39 is 70.7 Å². The lowest BCUT2D eigenvalue weighted by molar-refractivity contribution is -0.480. The summed E-state index contributed by atoms with van der Waals surface area (Å²) in [5.41, 5.74) is -2.80. The van der Waals surface area contributed by atoms with Crippen molar-refractivity contribution in [2.24, 2.45) is 5.41 Å². The van der Waals surface area contributed by atoms with Gasteiger partial charge in [0.2, 0.25) is 6.86 Å². The molecule has 2 bridgehead atoms. The van der Waals surface area contributed by atoms with Crippen molar-refractivity contribution in [3.63, 3.8) is 0 Å². The van der Waals surface area contributed by atoms with E-state index in [1.807, 2.05) is 6.92 Å². The monoisotopic (exact) mass is 590 g/mol. The van der Waals surface area contributed by atoms with Crippen molar-refractivity contribution in [2.75, 3.05) is 26.7 Å². The molecule has 41 heavy (non-hydrogen) atoms. The van der Waals surface area contributed by atoms with Crippen LogP contribution in [0.5, 0.6) is 11.5 Å². The third-order valence-corrected chi connectivity index (χ3v) is 6.87. The molecule has 6 rings (SSSR count). The molecule has 3 heterocycles. The van der Waals surface area contributed by atoms with Crippen LogP contribution in [0.15, 0.2) is 42.5 Å². The van der Waals surface area contributed by atoms with Crippen molar-refractivity contribution in [3.05, 3.63) is 82.7 Å². The summed E-state index contributed by atoms with van der Waals surface area (Å²) in [4.78, 5) is 0. The number of alkyl halides is 3. The van der Waals surface area contributed by atoms with Gasteiger partial charge in [0.05, 0.1) is 19.8 Å². The molecule has 3 aliphatic heterocycles.